The van der Waals surface area contributed by atoms with Crippen LogP contribution in [0.2, 0.25) is 0 Å². The summed E-state index contributed by atoms with van der Waals surface area (Å²) in [6.07, 6.45) is -6.22. The van der Waals surface area contributed by atoms with E-state index in [4.69, 9.17) is 0 Å². The standard InChI is InChI=1S/C17H14F3NO4/c18-17(19,20)12-8-4-5-9-13(12)21-14(22)10-25-16(24)15(23)11-6-2-1-3-7-11/h1-9,15,23H,10H2,(H,21,22)/t15-/m0/s1. The van der Waals surface area contributed by atoms with Crippen molar-refractivity contribution >= 4 is 17.6 Å². The first kappa shape index (κ1) is 18.5. The highest BCUT2D eigenvalue weighted by atomic mass is 19.4. The van der Waals surface area contributed by atoms with Crippen molar-refractivity contribution < 1.29 is 32.6 Å². The number of aliphatic hydroxyl groups is 1. The SMILES string of the molecule is O=C(COC(=O)[C@@H](O)c1ccccc1)Nc1ccccc1C(F)(F)F. The quantitative estimate of drug-likeness (QED) is 0.811. The first-order valence-corrected chi connectivity index (χ1v) is 7.15. The summed E-state index contributed by atoms with van der Waals surface area (Å²) in [6.45, 7) is -0.824. The Morgan fingerprint density at radius 1 is 1.04 bits per heavy atom. The van der Waals surface area contributed by atoms with Crippen LogP contribution in [0, 0.1) is 0 Å². The maximum Gasteiger partial charge on any atom is 0.418 e. The minimum atomic E-state index is -4.63. The number of aliphatic hydroxyl groups excluding tert-OH is 1. The average molecular weight is 353 g/mol. The van der Waals surface area contributed by atoms with Crippen LogP contribution in [0.5, 0.6) is 0 Å². The van der Waals surface area contributed by atoms with E-state index >= 15 is 0 Å². The Morgan fingerprint density at radius 3 is 2.28 bits per heavy atom. The molecule has 0 aliphatic carbocycles. The van der Waals surface area contributed by atoms with Crippen molar-refractivity contribution in [1.82, 2.24) is 0 Å². The molecule has 0 spiro atoms. The van der Waals surface area contributed by atoms with Gasteiger partial charge in [0.1, 0.15) is 0 Å². The zero-order valence-electron chi connectivity index (χ0n) is 12.8. The summed E-state index contributed by atoms with van der Waals surface area (Å²) >= 11 is 0. The predicted molar refractivity (Wildman–Crippen MR) is 82.4 cm³/mol. The third-order valence-electron chi connectivity index (χ3n) is 3.19. The zero-order chi connectivity index (χ0) is 18.4. The molecule has 0 saturated heterocycles. The lowest BCUT2D eigenvalue weighted by Crippen LogP contribution is -2.25. The van der Waals surface area contributed by atoms with Crippen LogP contribution in [0.3, 0.4) is 0 Å². The number of halogens is 3. The molecule has 2 rings (SSSR count). The second kappa shape index (κ2) is 7.80. The number of nitrogens with one attached hydrogen (secondary N) is 1. The van der Waals surface area contributed by atoms with E-state index in [9.17, 15) is 27.9 Å². The lowest BCUT2D eigenvalue weighted by molar-refractivity contribution is -0.156. The maximum atomic E-state index is 12.8. The predicted octanol–water partition coefficient (Wildman–Crippen LogP) is 2.92. The smallest absolute Gasteiger partial charge is 0.418 e. The molecule has 0 aromatic heterocycles. The summed E-state index contributed by atoms with van der Waals surface area (Å²) in [5, 5.41) is 11.8. The van der Waals surface area contributed by atoms with Gasteiger partial charge in [-0.1, -0.05) is 42.5 Å². The molecular formula is C17H14F3NO4. The number of esters is 1. The number of carbonyl (C=O) groups excluding carboxylic acids is 2. The normalized spacial score (nSPS) is 12.3. The second-order valence-corrected chi connectivity index (χ2v) is 5.01. The highest BCUT2D eigenvalue weighted by molar-refractivity contribution is 5.93. The van der Waals surface area contributed by atoms with Crippen LogP contribution in [0.15, 0.2) is 54.6 Å². The zero-order valence-corrected chi connectivity index (χ0v) is 12.8. The van der Waals surface area contributed by atoms with Crippen LogP contribution in [0.25, 0.3) is 0 Å². The van der Waals surface area contributed by atoms with Gasteiger partial charge in [-0.25, -0.2) is 4.79 Å². The van der Waals surface area contributed by atoms with Gasteiger partial charge in [0.15, 0.2) is 12.7 Å². The fourth-order valence-corrected chi connectivity index (χ4v) is 2.01. The molecule has 1 amide bonds. The number of hydrogen-bond acceptors (Lipinski definition) is 4. The number of anilines is 1. The molecule has 0 aliphatic heterocycles. The number of ether oxygens (including phenoxy) is 1. The molecule has 8 heteroatoms. The van der Waals surface area contributed by atoms with Crippen LogP contribution >= 0.6 is 0 Å². The van der Waals surface area contributed by atoms with E-state index in [1.165, 1.54) is 24.3 Å². The molecule has 0 fully saturated rings. The monoisotopic (exact) mass is 353 g/mol. The third kappa shape index (κ3) is 5.05. The highest BCUT2D eigenvalue weighted by Crippen LogP contribution is 2.34. The Kier molecular flexibility index (Phi) is 5.76. The molecule has 2 aromatic carbocycles. The minimum Gasteiger partial charge on any atom is -0.453 e. The summed E-state index contributed by atoms with van der Waals surface area (Å²) in [5.74, 6) is -2.03. The largest absolute Gasteiger partial charge is 0.453 e. The van der Waals surface area contributed by atoms with E-state index in [-0.39, 0.29) is 5.56 Å². The maximum absolute atomic E-state index is 12.8. The molecular weight excluding hydrogens is 339 g/mol. The van der Waals surface area contributed by atoms with Crippen molar-refractivity contribution in [2.45, 2.75) is 12.3 Å². The first-order chi connectivity index (χ1) is 11.8. The summed E-state index contributed by atoms with van der Waals surface area (Å²) in [6, 6.07) is 12.3. The van der Waals surface area contributed by atoms with Crippen molar-refractivity contribution in [3.63, 3.8) is 0 Å². The molecule has 132 valence electrons. The molecule has 2 aromatic rings. The average Bonchev–Trinajstić information content (AvgIpc) is 2.59. The molecule has 0 bridgehead atoms. The molecule has 0 radical (unpaired) electrons. The molecule has 5 nitrogen and oxygen atoms in total. The first-order valence-electron chi connectivity index (χ1n) is 7.15. The summed E-state index contributed by atoms with van der Waals surface area (Å²) in [4.78, 5) is 23.4. The lowest BCUT2D eigenvalue weighted by atomic mass is 10.1. The molecule has 25 heavy (non-hydrogen) atoms. The number of benzene rings is 2. The Hall–Kier alpha value is -2.87. The van der Waals surface area contributed by atoms with Crippen molar-refractivity contribution in [3.05, 3.63) is 65.7 Å². The number of hydrogen-bond donors (Lipinski definition) is 2. The Balaban J connectivity index is 1.95. The Morgan fingerprint density at radius 2 is 1.64 bits per heavy atom. The van der Waals surface area contributed by atoms with Gasteiger partial charge in [0.2, 0.25) is 0 Å². The van der Waals surface area contributed by atoms with Crippen LogP contribution < -0.4 is 5.32 Å². The summed E-state index contributed by atoms with van der Waals surface area (Å²) in [5.41, 5.74) is -1.19. The number of carbonyl (C=O) groups is 2. The topological polar surface area (TPSA) is 75.6 Å². The number of para-hydroxylation sites is 1. The fraction of sp³-hybridized carbons (Fsp3) is 0.176. The molecule has 2 N–H and O–H groups in total. The fourth-order valence-electron chi connectivity index (χ4n) is 2.01. The van der Waals surface area contributed by atoms with E-state index in [2.05, 4.69) is 4.74 Å². The van der Waals surface area contributed by atoms with Crippen LogP contribution in [0.1, 0.15) is 17.2 Å². The van der Waals surface area contributed by atoms with E-state index in [0.717, 1.165) is 12.1 Å². The van der Waals surface area contributed by atoms with Crippen LogP contribution in [-0.2, 0) is 20.5 Å². The van der Waals surface area contributed by atoms with Gasteiger partial charge in [-0.2, -0.15) is 13.2 Å². The minimum absolute atomic E-state index is 0.273. The van der Waals surface area contributed by atoms with E-state index < -0.39 is 42.0 Å². The van der Waals surface area contributed by atoms with E-state index in [1.807, 2.05) is 5.32 Å². The van der Waals surface area contributed by atoms with Gasteiger partial charge in [-0.05, 0) is 17.7 Å². The number of alkyl halides is 3. The van der Waals surface area contributed by atoms with Gasteiger partial charge in [-0.3, -0.25) is 4.79 Å². The van der Waals surface area contributed by atoms with Crippen molar-refractivity contribution in [3.8, 4) is 0 Å². The Bertz CT molecular complexity index is 747. The second-order valence-electron chi connectivity index (χ2n) is 5.01. The molecule has 0 saturated carbocycles. The van der Waals surface area contributed by atoms with Gasteiger partial charge in [0, 0.05) is 0 Å². The van der Waals surface area contributed by atoms with Gasteiger partial charge in [0.05, 0.1) is 11.3 Å². The van der Waals surface area contributed by atoms with E-state index in [0.29, 0.717) is 0 Å². The molecule has 0 unspecified atom stereocenters. The summed E-state index contributed by atoms with van der Waals surface area (Å²) < 4.78 is 43.1. The number of amides is 1. The van der Waals surface area contributed by atoms with Gasteiger partial charge >= 0.3 is 12.1 Å². The van der Waals surface area contributed by atoms with Crippen molar-refractivity contribution in [2.75, 3.05) is 11.9 Å². The van der Waals surface area contributed by atoms with Crippen LogP contribution in [0.4, 0.5) is 18.9 Å². The molecule has 0 aliphatic rings. The van der Waals surface area contributed by atoms with Gasteiger partial charge < -0.3 is 15.2 Å². The molecule has 1 atom stereocenters. The molecule has 0 heterocycles. The Labute approximate surface area is 141 Å². The third-order valence-corrected chi connectivity index (χ3v) is 3.19. The highest BCUT2D eigenvalue weighted by Gasteiger charge is 2.33. The lowest BCUT2D eigenvalue weighted by Gasteiger charge is -2.14. The van der Waals surface area contributed by atoms with Crippen LogP contribution in [-0.4, -0.2) is 23.6 Å². The van der Waals surface area contributed by atoms with Gasteiger partial charge in [0.25, 0.3) is 5.91 Å². The number of rotatable bonds is 5. The van der Waals surface area contributed by atoms with Gasteiger partial charge in [-0.15, -0.1) is 0 Å². The summed E-state index contributed by atoms with van der Waals surface area (Å²) in [7, 11) is 0. The van der Waals surface area contributed by atoms with E-state index in [1.54, 1.807) is 18.2 Å². The van der Waals surface area contributed by atoms with Crippen molar-refractivity contribution in [2.24, 2.45) is 0 Å². The van der Waals surface area contributed by atoms with Crippen molar-refractivity contribution in [1.29, 1.82) is 0 Å².